The number of nitrogens with zero attached hydrogens (tertiary/aromatic N) is 1. The number of rotatable bonds is 6. The Hall–Kier alpha value is -1.65. The summed E-state index contributed by atoms with van der Waals surface area (Å²) >= 11 is 5.63. The van der Waals surface area contributed by atoms with Crippen LogP contribution in [0.1, 0.15) is 31.9 Å². The normalized spacial score (nSPS) is 12.2. The molecule has 112 valence electrons. The Morgan fingerprint density at radius 1 is 1.33 bits per heavy atom. The van der Waals surface area contributed by atoms with Crippen LogP contribution in [0.15, 0.2) is 36.5 Å². The van der Waals surface area contributed by atoms with Gasteiger partial charge in [0.05, 0.1) is 5.02 Å². The number of halogens is 2. The molecule has 0 amide bonds. The molecule has 0 bridgehead atoms. The van der Waals surface area contributed by atoms with Gasteiger partial charge in [0.25, 0.3) is 0 Å². The summed E-state index contributed by atoms with van der Waals surface area (Å²) in [5.41, 5.74) is 1.08. The molecule has 0 radical (unpaired) electrons. The van der Waals surface area contributed by atoms with Crippen molar-refractivity contribution in [3.8, 4) is 11.6 Å². The van der Waals surface area contributed by atoms with Crippen LogP contribution in [0.2, 0.25) is 5.02 Å². The molecule has 5 heteroatoms. The number of pyridine rings is 1. The molecule has 3 nitrogen and oxygen atoms in total. The summed E-state index contributed by atoms with van der Waals surface area (Å²) in [6, 6.07) is 8.25. The van der Waals surface area contributed by atoms with Crippen molar-refractivity contribution >= 4 is 11.6 Å². The first kappa shape index (κ1) is 15.7. The quantitative estimate of drug-likeness (QED) is 0.838. The number of hydrogen-bond acceptors (Lipinski definition) is 3. The Bertz CT molecular complexity index is 589. The van der Waals surface area contributed by atoms with Crippen LogP contribution in [0.5, 0.6) is 11.6 Å². The van der Waals surface area contributed by atoms with Crippen molar-refractivity contribution in [2.75, 3.05) is 6.54 Å². The number of nitrogens with one attached hydrogen (secondary N) is 1. The Morgan fingerprint density at radius 3 is 2.76 bits per heavy atom. The third-order valence-electron chi connectivity index (χ3n) is 3.07. The summed E-state index contributed by atoms with van der Waals surface area (Å²) in [6.45, 7) is 5.17. The molecule has 1 unspecified atom stereocenters. The van der Waals surface area contributed by atoms with E-state index in [0.29, 0.717) is 11.6 Å². The lowest BCUT2D eigenvalue weighted by Gasteiger charge is -2.13. The van der Waals surface area contributed by atoms with Gasteiger partial charge in [-0.25, -0.2) is 9.37 Å². The van der Waals surface area contributed by atoms with E-state index in [4.69, 9.17) is 16.3 Å². The number of hydrogen-bond donors (Lipinski definition) is 1. The molecule has 1 aromatic carbocycles. The molecule has 2 aromatic rings. The van der Waals surface area contributed by atoms with Crippen molar-refractivity contribution in [1.29, 1.82) is 0 Å². The molecule has 1 heterocycles. The Kier molecular flexibility index (Phi) is 5.53. The van der Waals surface area contributed by atoms with E-state index < -0.39 is 5.82 Å². The molecule has 0 fully saturated rings. The van der Waals surface area contributed by atoms with E-state index in [1.165, 1.54) is 12.1 Å². The summed E-state index contributed by atoms with van der Waals surface area (Å²) in [4.78, 5) is 4.24. The second-order valence-corrected chi connectivity index (χ2v) is 5.19. The minimum absolute atomic E-state index is 0.0708. The molecule has 1 N–H and O–H groups in total. The van der Waals surface area contributed by atoms with Gasteiger partial charge in [-0.2, -0.15) is 0 Å². The number of ether oxygens (including phenoxy) is 1. The summed E-state index contributed by atoms with van der Waals surface area (Å²) in [6.07, 6.45) is 2.84. The van der Waals surface area contributed by atoms with Gasteiger partial charge in [-0.05, 0) is 37.6 Å². The molecule has 1 atom stereocenters. The third-order valence-corrected chi connectivity index (χ3v) is 3.38. The topological polar surface area (TPSA) is 34.1 Å². The Balaban J connectivity index is 2.03. The highest BCUT2D eigenvalue weighted by Crippen LogP contribution is 2.25. The highest BCUT2D eigenvalue weighted by Gasteiger charge is 2.07. The van der Waals surface area contributed by atoms with Crippen LogP contribution >= 0.6 is 11.6 Å². The molecular weight excluding hydrogens is 291 g/mol. The number of benzene rings is 1. The van der Waals surface area contributed by atoms with Crippen molar-refractivity contribution in [3.05, 3.63) is 52.9 Å². The highest BCUT2D eigenvalue weighted by molar-refractivity contribution is 6.30. The van der Waals surface area contributed by atoms with Crippen LogP contribution < -0.4 is 10.1 Å². The summed E-state index contributed by atoms with van der Waals surface area (Å²) in [7, 11) is 0. The van der Waals surface area contributed by atoms with E-state index in [2.05, 4.69) is 24.1 Å². The number of aromatic nitrogens is 1. The van der Waals surface area contributed by atoms with Crippen molar-refractivity contribution in [1.82, 2.24) is 10.3 Å². The SMILES string of the molecule is CCCNC(C)c1ccc(Oc2ccc(Cl)c(F)c2)nc1. The molecule has 0 spiro atoms. The van der Waals surface area contributed by atoms with Crippen LogP contribution in [0, 0.1) is 5.82 Å². The molecule has 2 rings (SSSR count). The second kappa shape index (κ2) is 7.38. The fourth-order valence-electron chi connectivity index (χ4n) is 1.85. The maximum atomic E-state index is 13.3. The average Bonchev–Trinajstić information content (AvgIpc) is 2.49. The van der Waals surface area contributed by atoms with E-state index in [0.717, 1.165) is 18.5 Å². The zero-order chi connectivity index (χ0) is 15.2. The van der Waals surface area contributed by atoms with Crippen LogP contribution in [-0.2, 0) is 0 Å². The Labute approximate surface area is 129 Å². The lowest BCUT2D eigenvalue weighted by atomic mass is 10.1. The minimum Gasteiger partial charge on any atom is -0.439 e. The van der Waals surface area contributed by atoms with E-state index in [1.54, 1.807) is 18.3 Å². The molecule has 21 heavy (non-hydrogen) atoms. The van der Waals surface area contributed by atoms with E-state index in [1.807, 2.05) is 6.07 Å². The maximum absolute atomic E-state index is 13.3. The first-order chi connectivity index (χ1) is 10.1. The molecule has 0 aliphatic heterocycles. The third kappa shape index (κ3) is 4.41. The van der Waals surface area contributed by atoms with E-state index in [9.17, 15) is 4.39 Å². The zero-order valence-corrected chi connectivity index (χ0v) is 12.8. The predicted molar refractivity (Wildman–Crippen MR) is 82.4 cm³/mol. The fourth-order valence-corrected chi connectivity index (χ4v) is 1.97. The standard InChI is InChI=1S/C16H18ClFN2O/c1-3-8-19-11(2)12-4-7-16(20-10-12)21-13-5-6-14(17)15(18)9-13/h4-7,9-11,19H,3,8H2,1-2H3. The zero-order valence-electron chi connectivity index (χ0n) is 12.1. The first-order valence-electron chi connectivity index (χ1n) is 6.92. The highest BCUT2D eigenvalue weighted by atomic mass is 35.5. The summed E-state index contributed by atoms with van der Waals surface area (Å²) < 4.78 is 18.8. The van der Waals surface area contributed by atoms with Gasteiger partial charge in [-0.1, -0.05) is 24.6 Å². The largest absolute Gasteiger partial charge is 0.439 e. The first-order valence-corrected chi connectivity index (χ1v) is 7.30. The van der Waals surface area contributed by atoms with Gasteiger partial charge in [0.15, 0.2) is 0 Å². The average molecular weight is 309 g/mol. The van der Waals surface area contributed by atoms with Gasteiger partial charge in [0.1, 0.15) is 11.6 Å². The van der Waals surface area contributed by atoms with Gasteiger partial charge >= 0.3 is 0 Å². The van der Waals surface area contributed by atoms with Crippen LogP contribution in [0.4, 0.5) is 4.39 Å². The fraction of sp³-hybridized carbons (Fsp3) is 0.312. The molecule has 0 saturated heterocycles. The van der Waals surface area contributed by atoms with Gasteiger partial charge in [0.2, 0.25) is 5.88 Å². The van der Waals surface area contributed by atoms with Gasteiger partial charge in [-0.3, -0.25) is 0 Å². The van der Waals surface area contributed by atoms with Crippen molar-refractivity contribution < 1.29 is 9.13 Å². The van der Waals surface area contributed by atoms with Gasteiger partial charge in [-0.15, -0.1) is 0 Å². The predicted octanol–water partition coefficient (Wildman–Crippen LogP) is 4.73. The molecule has 0 saturated carbocycles. The van der Waals surface area contributed by atoms with Gasteiger partial charge < -0.3 is 10.1 Å². The van der Waals surface area contributed by atoms with Crippen molar-refractivity contribution in [2.45, 2.75) is 26.3 Å². The van der Waals surface area contributed by atoms with Crippen LogP contribution in [0.25, 0.3) is 0 Å². The van der Waals surface area contributed by atoms with Crippen molar-refractivity contribution in [3.63, 3.8) is 0 Å². The molecule has 0 aliphatic carbocycles. The van der Waals surface area contributed by atoms with E-state index >= 15 is 0 Å². The molecule has 0 aliphatic rings. The van der Waals surface area contributed by atoms with Gasteiger partial charge in [0, 0.05) is 24.4 Å². The monoisotopic (exact) mass is 308 g/mol. The summed E-state index contributed by atoms with van der Waals surface area (Å²) in [5.74, 6) is 0.278. The second-order valence-electron chi connectivity index (χ2n) is 4.78. The minimum atomic E-state index is -0.511. The lowest BCUT2D eigenvalue weighted by molar-refractivity contribution is 0.456. The maximum Gasteiger partial charge on any atom is 0.219 e. The Morgan fingerprint density at radius 2 is 2.14 bits per heavy atom. The van der Waals surface area contributed by atoms with Crippen molar-refractivity contribution in [2.24, 2.45) is 0 Å². The van der Waals surface area contributed by atoms with E-state index in [-0.39, 0.29) is 11.1 Å². The van der Waals surface area contributed by atoms with Crippen LogP contribution in [0.3, 0.4) is 0 Å². The van der Waals surface area contributed by atoms with Crippen LogP contribution in [-0.4, -0.2) is 11.5 Å². The smallest absolute Gasteiger partial charge is 0.219 e. The lowest BCUT2D eigenvalue weighted by Crippen LogP contribution is -2.19. The molecule has 1 aromatic heterocycles. The molecular formula is C16H18ClFN2O. The summed E-state index contributed by atoms with van der Waals surface area (Å²) in [5, 5.41) is 3.46.